The van der Waals surface area contributed by atoms with E-state index in [1.165, 1.54) is 15.6 Å². The van der Waals surface area contributed by atoms with Gasteiger partial charge in [-0.15, -0.1) is 10.2 Å². The third-order valence-electron chi connectivity index (χ3n) is 4.85. The van der Waals surface area contributed by atoms with E-state index in [-0.39, 0.29) is 19.8 Å². The number of amides is 1. The molecular formula is C21H25N8O5P. The maximum atomic E-state index is 13.7. The molecule has 0 aliphatic carbocycles. The van der Waals surface area contributed by atoms with Gasteiger partial charge in [0, 0.05) is 5.56 Å². The summed E-state index contributed by atoms with van der Waals surface area (Å²) in [6.45, 7) is 3.74. The van der Waals surface area contributed by atoms with Crippen molar-refractivity contribution in [2.75, 3.05) is 13.2 Å². The first-order chi connectivity index (χ1) is 17.0. The minimum Gasteiger partial charge on any atom is -0.486 e. The first kappa shape index (κ1) is 24.5. The van der Waals surface area contributed by atoms with Crippen LogP contribution >= 0.6 is 7.60 Å². The number of nitrogens with one attached hydrogen (secondary N) is 1. The van der Waals surface area contributed by atoms with Crippen LogP contribution in [-0.4, -0.2) is 54.3 Å². The first-order valence-corrected chi connectivity index (χ1v) is 12.6. The third-order valence-corrected chi connectivity index (χ3v) is 7.05. The quantitative estimate of drug-likeness (QED) is 0.389. The molecular weight excluding hydrogens is 475 g/mol. The largest absolute Gasteiger partial charge is 0.486 e. The number of hydrogen-bond donors (Lipinski definition) is 1. The monoisotopic (exact) mass is 500 g/mol. The van der Waals surface area contributed by atoms with E-state index in [1.54, 1.807) is 56.5 Å². The highest BCUT2D eigenvalue weighted by Gasteiger charge is 2.39. The molecule has 0 spiro atoms. The number of carbonyl (C=O) groups is 1. The Bertz CT molecular complexity index is 1230. The van der Waals surface area contributed by atoms with Gasteiger partial charge in [0.15, 0.2) is 11.9 Å². The molecule has 14 heteroatoms. The second kappa shape index (κ2) is 11.2. The fourth-order valence-electron chi connectivity index (χ4n) is 3.34. The zero-order valence-corrected chi connectivity index (χ0v) is 20.1. The van der Waals surface area contributed by atoms with Gasteiger partial charge in [-0.3, -0.25) is 9.36 Å². The lowest BCUT2D eigenvalue weighted by Gasteiger charge is -2.26. The third kappa shape index (κ3) is 5.70. The van der Waals surface area contributed by atoms with Gasteiger partial charge in [-0.25, -0.2) is 9.36 Å². The van der Waals surface area contributed by atoms with Crippen LogP contribution in [0.2, 0.25) is 0 Å². The van der Waals surface area contributed by atoms with Crippen LogP contribution in [0.1, 0.15) is 47.7 Å². The van der Waals surface area contributed by atoms with E-state index in [4.69, 9.17) is 13.8 Å². The van der Waals surface area contributed by atoms with E-state index in [0.29, 0.717) is 17.1 Å². The van der Waals surface area contributed by atoms with Gasteiger partial charge in [-0.05, 0) is 48.6 Å². The van der Waals surface area contributed by atoms with Gasteiger partial charge >= 0.3 is 7.60 Å². The number of ether oxygens (including phenoxy) is 1. The Morgan fingerprint density at radius 2 is 1.91 bits per heavy atom. The number of aromatic nitrogens is 7. The topological polar surface area (TPSA) is 148 Å². The first-order valence-electron chi connectivity index (χ1n) is 10.9. The van der Waals surface area contributed by atoms with Crippen LogP contribution in [0.5, 0.6) is 0 Å². The molecule has 1 aliphatic heterocycles. The lowest BCUT2D eigenvalue weighted by Crippen LogP contribution is -2.34. The summed E-state index contributed by atoms with van der Waals surface area (Å²) in [7, 11) is -3.87. The molecule has 0 radical (unpaired) electrons. The average molecular weight is 500 g/mol. The van der Waals surface area contributed by atoms with Crippen LogP contribution in [0.4, 0.5) is 0 Å². The van der Waals surface area contributed by atoms with Crippen molar-refractivity contribution in [3.63, 3.8) is 0 Å². The van der Waals surface area contributed by atoms with Crippen molar-refractivity contribution in [2.45, 2.75) is 32.4 Å². The summed E-state index contributed by atoms with van der Waals surface area (Å²) in [5.74, 6) is -1.24. The lowest BCUT2D eigenvalue weighted by atomic mass is 10.2. The molecule has 3 heterocycles. The predicted octanol–water partition coefficient (Wildman–Crippen LogP) is 2.61. The van der Waals surface area contributed by atoms with Crippen LogP contribution in [0.3, 0.4) is 0 Å². The van der Waals surface area contributed by atoms with E-state index in [0.717, 1.165) is 0 Å². The van der Waals surface area contributed by atoms with Gasteiger partial charge in [0.2, 0.25) is 5.91 Å². The molecule has 1 aromatic carbocycles. The molecule has 13 nitrogen and oxygen atoms in total. The van der Waals surface area contributed by atoms with Crippen molar-refractivity contribution < 1.29 is 23.1 Å². The Balaban J connectivity index is 1.60. The van der Waals surface area contributed by atoms with Crippen LogP contribution in [0, 0.1) is 0 Å². The molecule has 1 amide bonds. The highest BCUT2D eigenvalue weighted by atomic mass is 31.2. The summed E-state index contributed by atoms with van der Waals surface area (Å²) in [4.78, 5) is 12.9. The summed E-state index contributed by atoms with van der Waals surface area (Å²) in [6, 6.07) is 8.53. The van der Waals surface area contributed by atoms with E-state index < -0.39 is 25.5 Å². The minimum absolute atomic E-state index is 0.105. The molecule has 1 N–H and O–H groups in total. The van der Waals surface area contributed by atoms with E-state index in [1.807, 2.05) is 12.2 Å². The molecule has 0 fully saturated rings. The van der Waals surface area contributed by atoms with Crippen molar-refractivity contribution >= 4 is 13.5 Å². The number of carbonyl (C=O) groups excluding carboxylic acids is 1. The summed E-state index contributed by atoms with van der Waals surface area (Å²) >= 11 is 0. The number of rotatable bonds is 11. The molecule has 2 unspecified atom stereocenters. The maximum Gasteiger partial charge on any atom is 0.375 e. The van der Waals surface area contributed by atoms with Gasteiger partial charge in [0.25, 0.3) is 5.91 Å². The summed E-state index contributed by atoms with van der Waals surface area (Å²) in [6.07, 6.45) is 8.05. The van der Waals surface area contributed by atoms with Crippen LogP contribution in [0.25, 0.3) is 0 Å². The van der Waals surface area contributed by atoms with E-state index >= 15 is 0 Å². The molecule has 184 valence electrons. The van der Waals surface area contributed by atoms with Crippen molar-refractivity contribution in [1.82, 2.24) is 40.5 Å². The molecule has 0 saturated carbocycles. The zero-order valence-electron chi connectivity index (χ0n) is 19.2. The Hall–Kier alpha value is -3.67. The average Bonchev–Trinajstić information content (AvgIpc) is 3.53. The second-order valence-corrected chi connectivity index (χ2v) is 9.33. The molecule has 35 heavy (non-hydrogen) atoms. The molecule has 1 aliphatic rings. The van der Waals surface area contributed by atoms with Gasteiger partial charge in [-0.1, -0.05) is 29.5 Å². The fraction of sp³-hybridized carbons (Fsp3) is 0.333. The SMILES string of the molecule is CCOP(=O)(OCC)C(NC(=O)c1ccccc1)n1cc(Cn2nnnc2C2C=CC=CO2)nn1. The normalized spacial score (nSPS) is 16.1. The smallest absolute Gasteiger partial charge is 0.375 e. The van der Waals surface area contributed by atoms with E-state index in [2.05, 4.69) is 31.2 Å². The number of allylic oxidation sites excluding steroid dienone is 2. The summed E-state index contributed by atoms with van der Waals surface area (Å²) in [5, 5.41) is 22.7. The molecule has 2 atom stereocenters. The number of hydrogen-bond acceptors (Lipinski definition) is 10. The summed E-state index contributed by atoms with van der Waals surface area (Å²) < 4.78 is 33.0. The summed E-state index contributed by atoms with van der Waals surface area (Å²) in [5.41, 5.74) is 0.831. The Labute approximate surface area is 201 Å². The highest BCUT2D eigenvalue weighted by molar-refractivity contribution is 7.53. The van der Waals surface area contributed by atoms with E-state index in [9.17, 15) is 9.36 Å². The second-order valence-electron chi connectivity index (χ2n) is 7.24. The zero-order chi connectivity index (χ0) is 24.7. The molecule has 0 saturated heterocycles. The molecule has 4 rings (SSSR count). The predicted molar refractivity (Wildman–Crippen MR) is 123 cm³/mol. The Kier molecular flexibility index (Phi) is 7.80. The van der Waals surface area contributed by atoms with Crippen molar-refractivity contribution in [3.8, 4) is 0 Å². The molecule has 0 bridgehead atoms. The van der Waals surface area contributed by atoms with Crippen molar-refractivity contribution in [2.24, 2.45) is 0 Å². The molecule has 3 aromatic rings. The minimum atomic E-state index is -3.87. The van der Waals surface area contributed by atoms with Crippen molar-refractivity contribution in [3.05, 3.63) is 78.1 Å². The van der Waals surface area contributed by atoms with Crippen molar-refractivity contribution in [1.29, 1.82) is 0 Å². The Morgan fingerprint density at radius 3 is 2.60 bits per heavy atom. The maximum absolute atomic E-state index is 13.7. The Morgan fingerprint density at radius 1 is 1.14 bits per heavy atom. The van der Waals surface area contributed by atoms with Crippen LogP contribution in [-0.2, 0) is 24.9 Å². The van der Waals surface area contributed by atoms with Gasteiger partial charge in [0.05, 0.1) is 32.2 Å². The number of benzene rings is 1. The molecule has 2 aromatic heterocycles. The van der Waals surface area contributed by atoms with Gasteiger partial charge < -0.3 is 19.1 Å². The number of tetrazole rings is 1. The highest BCUT2D eigenvalue weighted by Crippen LogP contribution is 2.57. The van der Waals surface area contributed by atoms with Gasteiger partial charge in [-0.2, -0.15) is 0 Å². The van der Waals surface area contributed by atoms with Crippen LogP contribution < -0.4 is 5.32 Å². The fourth-order valence-corrected chi connectivity index (χ4v) is 5.09. The number of nitrogens with zero attached hydrogens (tertiary/aromatic N) is 7. The standard InChI is InChI=1S/C21H25N8O5P/c1-3-33-35(31,34-4-2)21(22-20(30)16-10-6-5-7-11-16)29-15-17(23-26-29)14-28-19(24-25-27-28)18-12-8-9-13-32-18/h5-13,15,18,21H,3-4,14H2,1-2H3,(H,22,30). The lowest BCUT2D eigenvalue weighted by molar-refractivity contribution is 0.0917. The van der Waals surface area contributed by atoms with Gasteiger partial charge in [0.1, 0.15) is 5.69 Å². The van der Waals surface area contributed by atoms with Crippen LogP contribution in [0.15, 0.2) is 61.0 Å².